The fraction of sp³-hybridized carbons (Fsp3) is 0.545. The summed E-state index contributed by atoms with van der Waals surface area (Å²) in [7, 11) is 1.69. The van der Waals surface area contributed by atoms with Crippen LogP contribution in [-0.2, 0) is 9.59 Å². The van der Waals surface area contributed by atoms with Gasteiger partial charge in [-0.25, -0.2) is 0 Å². The second-order valence-electron chi connectivity index (χ2n) is 7.66. The van der Waals surface area contributed by atoms with Gasteiger partial charge < -0.3 is 14.5 Å². The minimum atomic E-state index is -0.0335. The second kappa shape index (κ2) is 8.59. The van der Waals surface area contributed by atoms with E-state index in [0.29, 0.717) is 19.0 Å². The molecule has 0 N–H and O–H groups in total. The van der Waals surface area contributed by atoms with E-state index in [4.69, 9.17) is 4.74 Å². The quantitative estimate of drug-likeness (QED) is 0.765. The highest BCUT2D eigenvalue weighted by Gasteiger charge is 2.32. The summed E-state index contributed by atoms with van der Waals surface area (Å²) in [4.78, 5) is 28.6. The SMILES string of the molecule is C=CC(=O)N1CCC(C(=O)N2CCCC(c3ccc(OC)c(C)c3)C2)CC1. The van der Waals surface area contributed by atoms with Crippen molar-refractivity contribution in [1.29, 1.82) is 0 Å². The van der Waals surface area contributed by atoms with Crippen molar-refractivity contribution >= 4 is 11.8 Å². The van der Waals surface area contributed by atoms with Crippen LogP contribution in [0.1, 0.15) is 42.7 Å². The van der Waals surface area contributed by atoms with E-state index < -0.39 is 0 Å². The predicted molar refractivity (Wildman–Crippen MR) is 106 cm³/mol. The van der Waals surface area contributed by atoms with Crippen LogP contribution in [0.2, 0.25) is 0 Å². The number of hydrogen-bond donors (Lipinski definition) is 0. The standard InChI is InChI=1S/C22H30N2O3/c1-4-21(25)23-12-9-17(10-13-23)22(26)24-11-5-6-19(15-24)18-7-8-20(27-3)16(2)14-18/h4,7-8,14,17,19H,1,5-6,9-13,15H2,2-3H3. The summed E-state index contributed by atoms with van der Waals surface area (Å²) in [6.45, 7) is 8.53. The number of amides is 2. The van der Waals surface area contributed by atoms with Gasteiger partial charge in [-0.05, 0) is 55.9 Å². The van der Waals surface area contributed by atoms with Gasteiger partial charge in [0.05, 0.1) is 7.11 Å². The molecule has 27 heavy (non-hydrogen) atoms. The van der Waals surface area contributed by atoms with Gasteiger partial charge in [-0.3, -0.25) is 9.59 Å². The Morgan fingerprint density at radius 3 is 2.52 bits per heavy atom. The number of carbonyl (C=O) groups excluding carboxylic acids is 2. The summed E-state index contributed by atoms with van der Waals surface area (Å²) >= 11 is 0. The van der Waals surface area contributed by atoms with E-state index >= 15 is 0 Å². The van der Waals surface area contributed by atoms with Crippen LogP contribution in [0.5, 0.6) is 5.75 Å². The monoisotopic (exact) mass is 370 g/mol. The number of hydrogen-bond acceptors (Lipinski definition) is 3. The largest absolute Gasteiger partial charge is 0.496 e. The smallest absolute Gasteiger partial charge is 0.245 e. The highest BCUT2D eigenvalue weighted by atomic mass is 16.5. The Bertz CT molecular complexity index is 708. The fourth-order valence-electron chi connectivity index (χ4n) is 4.34. The molecule has 1 aromatic rings. The molecule has 2 aliphatic heterocycles. The molecule has 0 saturated carbocycles. The number of likely N-dealkylation sites (tertiary alicyclic amines) is 2. The van der Waals surface area contributed by atoms with E-state index in [1.54, 1.807) is 12.0 Å². The summed E-state index contributed by atoms with van der Waals surface area (Å²) in [5.41, 5.74) is 2.43. The first-order valence-electron chi connectivity index (χ1n) is 9.88. The van der Waals surface area contributed by atoms with Crippen molar-refractivity contribution in [2.45, 2.75) is 38.5 Å². The molecule has 1 aromatic carbocycles. The van der Waals surface area contributed by atoms with Gasteiger partial charge in [0.25, 0.3) is 0 Å². The van der Waals surface area contributed by atoms with E-state index in [0.717, 1.165) is 50.1 Å². The molecule has 0 radical (unpaired) electrons. The molecule has 2 amide bonds. The topological polar surface area (TPSA) is 49.9 Å². The van der Waals surface area contributed by atoms with Gasteiger partial charge in [-0.2, -0.15) is 0 Å². The number of methoxy groups -OCH3 is 1. The Kier molecular flexibility index (Phi) is 6.19. The number of benzene rings is 1. The van der Waals surface area contributed by atoms with E-state index in [1.807, 2.05) is 11.0 Å². The predicted octanol–water partition coefficient (Wildman–Crippen LogP) is 3.13. The number of piperidine rings is 2. The molecule has 0 bridgehead atoms. The Morgan fingerprint density at radius 2 is 1.89 bits per heavy atom. The van der Waals surface area contributed by atoms with Crippen LogP contribution in [0.15, 0.2) is 30.9 Å². The van der Waals surface area contributed by atoms with E-state index in [9.17, 15) is 9.59 Å². The first-order valence-corrected chi connectivity index (χ1v) is 9.88. The molecule has 0 spiro atoms. The molecule has 0 aliphatic carbocycles. The molecule has 5 nitrogen and oxygen atoms in total. The molecule has 2 saturated heterocycles. The number of aryl methyl sites for hydroxylation is 1. The van der Waals surface area contributed by atoms with Gasteiger partial charge in [-0.1, -0.05) is 18.7 Å². The van der Waals surface area contributed by atoms with Gasteiger partial charge >= 0.3 is 0 Å². The molecule has 0 aromatic heterocycles. The number of carbonyl (C=O) groups is 2. The van der Waals surface area contributed by atoms with Crippen molar-refractivity contribution in [2.24, 2.45) is 5.92 Å². The first-order chi connectivity index (χ1) is 13.0. The molecule has 1 unspecified atom stereocenters. The molecule has 146 valence electrons. The normalized spacial score (nSPS) is 21.0. The third-order valence-electron chi connectivity index (χ3n) is 5.95. The number of nitrogens with zero attached hydrogens (tertiary/aromatic N) is 2. The van der Waals surface area contributed by atoms with Crippen LogP contribution in [0, 0.1) is 12.8 Å². The van der Waals surface area contributed by atoms with Crippen molar-refractivity contribution in [1.82, 2.24) is 9.80 Å². The second-order valence-corrected chi connectivity index (χ2v) is 7.66. The Hall–Kier alpha value is -2.30. The zero-order valence-electron chi connectivity index (χ0n) is 16.4. The maximum Gasteiger partial charge on any atom is 0.245 e. The van der Waals surface area contributed by atoms with Crippen molar-refractivity contribution in [2.75, 3.05) is 33.3 Å². The lowest BCUT2D eigenvalue weighted by atomic mass is 9.88. The molecule has 2 fully saturated rings. The van der Waals surface area contributed by atoms with E-state index in [2.05, 4.69) is 25.6 Å². The lowest BCUT2D eigenvalue weighted by molar-refractivity contribution is -0.140. The minimum Gasteiger partial charge on any atom is -0.496 e. The molecular weight excluding hydrogens is 340 g/mol. The van der Waals surface area contributed by atoms with Crippen LogP contribution >= 0.6 is 0 Å². The summed E-state index contributed by atoms with van der Waals surface area (Å²) < 4.78 is 5.36. The molecule has 2 aliphatic rings. The Morgan fingerprint density at radius 1 is 1.15 bits per heavy atom. The summed E-state index contributed by atoms with van der Waals surface area (Å²) in [6.07, 6.45) is 5.01. The van der Waals surface area contributed by atoms with Crippen LogP contribution in [-0.4, -0.2) is 54.9 Å². The van der Waals surface area contributed by atoms with E-state index in [-0.39, 0.29) is 17.7 Å². The fourth-order valence-corrected chi connectivity index (χ4v) is 4.34. The van der Waals surface area contributed by atoms with Gasteiger partial charge in [0.2, 0.25) is 11.8 Å². The minimum absolute atomic E-state index is 0.0335. The zero-order chi connectivity index (χ0) is 19.4. The molecule has 5 heteroatoms. The van der Waals surface area contributed by atoms with Crippen molar-refractivity contribution < 1.29 is 14.3 Å². The van der Waals surface area contributed by atoms with Crippen LogP contribution in [0.25, 0.3) is 0 Å². The number of rotatable bonds is 4. The van der Waals surface area contributed by atoms with Gasteiger partial charge in [0, 0.05) is 38.0 Å². The molecular formula is C22H30N2O3. The molecule has 3 rings (SSSR count). The van der Waals surface area contributed by atoms with Crippen molar-refractivity contribution in [3.8, 4) is 5.75 Å². The van der Waals surface area contributed by atoms with Gasteiger partial charge in [0.1, 0.15) is 5.75 Å². The van der Waals surface area contributed by atoms with Gasteiger partial charge in [-0.15, -0.1) is 0 Å². The summed E-state index contributed by atoms with van der Waals surface area (Å²) in [6, 6.07) is 6.35. The lowest BCUT2D eigenvalue weighted by Gasteiger charge is -2.38. The van der Waals surface area contributed by atoms with Gasteiger partial charge in [0.15, 0.2) is 0 Å². The lowest BCUT2D eigenvalue weighted by Crippen LogP contribution is -2.46. The third kappa shape index (κ3) is 4.34. The van der Waals surface area contributed by atoms with Crippen molar-refractivity contribution in [3.63, 3.8) is 0 Å². The zero-order valence-corrected chi connectivity index (χ0v) is 16.4. The maximum absolute atomic E-state index is 13.0. The number of ether oxygens (including phenoxy) is 1. The average Bonchev–Trinajstić information content (AvgIpc) is 2.72. The van der Waals surface area contributed by atoms with Crippen LogP contribution in [0.3, 0.4) is 0 Å². The van der Waals surface area contributed by atoms with Crippen LogP contribution in [0.4, 0.5) is 0 Å². The average molecular weight is 370 g/mol. The van der Waals surface area contributed by atoms with Crippen LogP contribution < -0.4 is 4.74 Å². The summed E-state index contributed by atoms with van der Waals surface area (Å²) in [5, 5.41) is 0. The third-order valence-corrected chi connectivity index (χ3v) is 5.95. The summed E-state index contributed by atoms with van der Waals surface area (Å²) in [5.74, 6) is 1.55. The van der Waals surface area contributed by atoms with E-state index in [1.165, 1.54) is 11.6 Å². The highest BCUT2D eigenvalue weighted by Crippen LogP contribution is 2.31. The Balaban J connectivity index is 1.61. The highest BCUT2D eigenvalue weighted by molar-refractivity contribution is 5.87. The van der Waals surface area contributed by atoms with Crippen molar-refractivity contribution in [3.05, 3.63) is 42.0 Å². The molecule has 2 heterocycles. The maximum atomic E-state index is 13.0. The first kappa shape index (κ1) is 19.5. The Labute approximate surface area is 162 Å². The molecule has 1 atom stereocenters.